The third-order valence-electron chi connectivity index (χ3n) is 5.72. The number of anilines is 1. The minimum absolute atomic E-state index is 0.0356. The molecule has 1 aliphatic carbocycles. The van der Waals surface area contributed by atoms with Crippen molar-refractivity contribution in [3.63, 3.8) is 0 Å². The summed E-state index contributed by atoms with van der Waals surface area (Å²) in [4.78, 5) is 18.6. The van der Waals surface area contributed by atoms with Crippen molar-refractivity contribution in [2.45, 2.75) is 50.5 Å². The number of amides is 2. The number of pyridine rings is 1. The zero-order chi connectivity index (χ0) is 17.5. The normalized spacial score (nSPS) is 20.4. The van der Waals surface area contributed by atoms with E-state index in [1.807, 2.05) is 12.4 Å². The molecule has 3 N–H and O–H groups in total. The Morgan fingerprint density at radius 2 is 1.92 bits per heavy atom. The molecule has 0 radical (unpaired) electrons. The Hall–Kier alpha value is -1.82. The van der Waals surface area contributed by atoms with Gasteiger partial charge in [0.2, 0.25) is 0 Å². The minimum Gasteiger partial charge on any atom is -0.394 e. The van der Waals surface area contributed by atoms with Crippen LogP contribution in [0.2, 0.25) is 0 Å². The Morgan fingerprint density at radius 3 is 2.56 bits per heavy atom. The van der Waals surface area contributed by atoms with Gasteiger partial charge in [-0.1, -0.05) is 12.8 Å². The van der Waals surface area contributed by atoms with E-state index in [9.17, 15) is 9.90 Å². The number of urea groups is 1. The fourth-order valence-corrected chi connectivity index (χ4v) is 4.08. The van der Waals surface area contributed by atoms with Gasteiger partial charge in [0.25, 0.3) is 0 Å². The number of aromatic nitrogens is 1. The van der Waals surface area contributed by atoms with Crippen molar-refractivity contribution in [1.29, 1.82) is 0 Å². The Balaban J connectivity index is 1.34. The molecule has 0 spiro atoms. The smallest absolute Gasteiger partial charge is 0.315 e. The van der Waals surface area contributed by atoms with Crippen molar-refractivity contribution in [1.82, 2.24) is 15.6 Å². The fourth-order valence-electron chi connectivity index (χ4n) is 4.08. The number of nitrogens with one attached hydrogen (secondary N) is 2. The number of nitrogens with zero attached hydrogens (tertiary/aromatic N) is 2. The van der Waals surface area contributed by atoms with Gasteiger partial charge in [0.1, 0.15) is 0 Å². The molecule has 2 amide bonds. The Kier molecular flexibility index (Phi) is 6.13. The molecular weight excluding hydrogens is 316 g/mol. The lowest BCUT2D eigenvalue weighted by atomic mass is 9.93. The number of hydrogen-bond donors (Lipinski definition) is 3. The monoisotopic (exact) mass is 346 g/mol. The molecular formula is C19H30N4O2. The molecule has 6 nitrogen and oxygen atoms in total. The van der Waals surface area contributed by atoms with E-state index in [2.05, 4.69) is 32.7 Å². The van der Waals surface area contributed by atoms with E-state index in [0.717, 1.165) is 58.0 Å². The molecule has 6 heteroatoms. The standard InChI is InChI=1S/C19H30N4O2/c24-15-19(8-1-2-9-19)22-18(25)21-12-3-16-6-13-23(14-7-16)17-4-10-20-11-5-17/h4-5,10-11,16,24H,1-3,6-9,12-15H2,(H2,21,22,25). The summed E-state index contributed by atoms with van der Waals surface area (Å²) in [5, 5.41) is 15.5. The number of piperidine rings is 1. The predicted molar refractivity (Wildman–Crippen MR) is 98.6 cm³/mol. The molecule has 1 saturated heterocycles. The van der Waals surface area contributed by atoms with Gasteiger partial charge in [-0.25, -0.2) is 4.79 Å². The molecule has 0 bridgehead atoms. The lowest BCUT2D eigenvalue weighted by Crippen LogP contribution is -2.53. The Morgan fingerprint density at radius 1 is 1.24 bits per heavy atom. The van der Waals surface area contributed by atoms with Gasteiger partial charge < -0.3 is 20.6 Å². The maximum atomic E-state index is 12.1. The second-order valence-corrected chi connectivity index (χ2v) is 7.45. The zero-order valence-corrected chi connectivity index (χ0v) is 14.9. The first-order chi connectivity index (χ1) is 12.2. The Bertz CT molecular complexity index is 538. The fraction of sp³-hybridized carbons (Fsp3) is 0.684. The molecule has 2 heterocycles. The van der Waals surface area contributed by atoms with Crippen LogP contribution in [0.1, 0.15) is 44.9 Å². The van der Waals surface area contributed by atoms with Gasteiger partial charge in [-0.3, -0.25) is 4.98 Å². The highest BCUT2D eigenvalue weighted by atomic mass is 16.3. The van der Waals surface area contributed by atoms with Gasteiger partial charge in [0.15, 0.2) is 0 Å². The number of aliphatic hydroxyl groups excluding tert-OH is 1. The van der Waals surface area contributed by atoms with Gasteiger partial charge in [0, 0.05) is 37.7 Å². The van der Waals surface area contributed by atoms with Crippen LogP contribution in [0.15, 0.2) is 24.5 Å². The molecule has 1 saturated carbocycles. The SMILES string of the molecule is O=C(NCCC1CCN(c2ccncc2)CC1)NC1(CO)CCCC1. The molecule has 25 heavy (non-hydrogen) atoms. The maximum Gasteiger partial charge on any atom is 0.315 e. The first kappa shape index (κ1) is 18.0. The van der Waals surface area contributed by atoms with E-state index in [0.29, 0.717) is 12.5 Å². The highest BCUT2D eigenvalue weighted by Crippen LogP contribution is 2.29. The molecule has 3 rings (SSSR count). The van der Waals surface area contributed by atoms with E-state index >= 15 is 0 Å². The van der Waals surface area contributed by atoms with Crippen LogP contribution in [0.5, 0.6) is 0 Å². The van der Waals surface area contributed by atoms with Gasteiger partial charge >= 0.3 is 6.03 Å². The molecule has 1 aromatic rings. The van der Waals surface area contributed by atoms with Crippen molar-refractivity contribution in [2.75, 3.05) is 31.1 Å². The van der Waals surface area contributed by atoms with E-state index < -0.39 is 0 Å². The van der Waals surface area contributed by atoms with Crippen LogP contribution in [0.4, 0.5) is 10.5 Å². The van der Waals surface area contributed by atoms with Gasteiger partial charge in [-0.2, -0.15) is 0 Å². The van der Waals surface area contributed by atoms with Crippen LogP contribution >= 0.6 is 0 Å². The topological polar surface area (TPSA) is 77.5 Å². The minimum atomic E-state index is -0.389. The van der Waals surface area contributed by atoms with Crippen molar-refractivity contribution in [2.24, 2.45) is 5.92 Å². The van der Waals surface area contributed by atoms with Crippen LogP contribution in [0, 0.1) is 5.92 Å². The third kappa shape index (κ3) is 4.84. The van der Waals surface area contributed by atoms with Crippen molar-refractivity contribution in [3.8, 4) is 0 Å². The molecule has 2 fully saturated rings. The quantitative estimate of drug-likeness (QED) is 0.739. The summed E-state index contributed by atoms with van der Waals surface area (Å²) >= 11 is 0. The molecule has 1 aromatic heterocycles. The number of rotatable bonds is 6. The lowest BCUT2D eigenvalue weighted by molar-refractivity contribution is 0.162. The van der Waals surface area contributed by atoms with Crippen LogP contribution in [0.3, 0.4) is 0 Å². The maximum absolute atomic E-state index is 12.1. The van der Waals surface area contributed by atoms with Crippen molar-refractivity contribution < 1.29 is 9.90 Å². The summed E-state index contributed by atoms with van der Waals surface area (Å²) < 4.78 is 0. The summed E-state index contributed by atoms with van der Waals surface area (Å²) in [5.41, 5.74) is 0.858. The second-order valence-electron chi connectivity index (χ2n) is 7.45. The lowest BCUT2D eigenvalue weighted by Gasteiger charge is -2.33. The molecule has 0 aromatic carbocycles. The van der Waals surface area contributed by atoms with Crippen LogP contribution in [-0.4, -0.2) is 47.9 Å². The Labute approximate surface area is 150 Å². The third-order valence-corrected chi connectivity index (χ3v) is 5.72. The highest BCUT2D eigenvalue weighted by Gasteiger charge is 2.34. The molecule has 138 valence electrons. The van der Waals surface area contributed by atoms with E-state index in [4.69, 9.17) is 0 Å². The number of aliphatic hydroxyl groups is 1. The molecule has 0 atom stereocenters. The van der Waals surface area contributed by atoms with Gasteiger partial charge in [-0.15, -0.1) is 0 Å². The highest BCUT2D eigenvalue weighted by molar-refractivity contribution is 5.74. The van der Waals surface area contributed by atoms with Crippen LogP contribution < -0.4 is 15.5 Å². The van der Waals surface area contributed by atoms with Gasteiger partial charge in [-0.05, 0) is 50.2 Å². The predicted octanol–water partition coefficient (Wildman–Crippen LogP) is 2.29. The van der Waals surface area contributed by atoms with E-state index in [1.54, 1.807) is 0 Å². The number of hydrogen-bond acceptors (Lipinski definition) is 4. The first-order valence-corrected chi connectivity index (χ1v) is 9.53. The summed E-state index contributed by atoms with van der Waals surface area (Å²) in [6.07, 6.45) is 10.9. The average Bonchev–Trinajstić information content (AvgIpc) is 3.12. The second kappa shape index (κ2) is 8.52. The van der Waals surface area contributed by atoms with E-state index in [-0.39, 0.29) is 18.2 Å². The average molecular weight is 346 g/mol. The largest absolute Gasteiger partial charge is 0.394 e. The first-order valence-electron chi connectivity index (χ1n) is 9.53. The number of carbonyl (C=O) groups excluding carboxylic acids is 1. The summed E-state index contributed by atoms with van der Waals surface area (Å²) in [5.74, 6) is 0.664. The van der Waals surface area contributed by atoms with Crippen LogP contribution in [0.25, 0.3) is 0 Å². The number of carbonyl (C=O) groups is 1. The summed E-state index contributed by atoms with van der Waals surface area (Å²) in [6.45, 7) is 2.87. The van der Waals surface area contributed by atoms with Gasteiger partial charge in [0.05, 0.1) is 12.1 Å². The van der Waals surface area contributed by atoms with Crippen molar-refractivity contribution >= 4 is 11.7 Å². The summed E-state index contributed by atoms with van der Waals surface area (Å²) in [6, 6.07) is 3.99. The van der Waals surface area contributed by atoms with Crippen LogP contribution in [-0.2, 0) is 0 Å². The zero-order valence-electron chi connectivity index (χ0n) is 14.9. The van der Waals surface area contributed by atoms with Crippen molar-refractivity contribution in [3.05, 3.63) is 24.5 Å². The summed E-state index contributed by atoms with van der Waals surface area (Å²) in [7, 11) is 0. The molecule has 0 unspecified atom stereocenters. The molecule has 2 aliphatic rings. The van der Waals surface area contributed by atoms with E-state index in [1.165, 1.54) is 5.69 Å². The molecule has 1 aliphatic heterocycles.